The van der Waals surface area contributed by atoms with Crippen molar-refractivity contribution in [1.82, 2.24) is 24.1 Å². The monoisotopic (exact) mass is 639 g/mol. The van der Waals surface area contributed by atoms with E-state index in [9.17, 15) is 13.2 Å². The lowest BCUT2D eigenvalue weighted by Crippen LogP contribution is -2.41. The number of amides is 1. The van der Waals surface area contributed by atoms with Crippen molar-refractivity contribution in [3.63, 3.8) is 0 Å². The van der Waals surface area contributed by atoms with Gasteiger partial charge in [0.15, 0.2) is 9.84 Å². The number of likely N-dealkylation sites (tertiary alicyclic amines) is 1. The molecule has 0 radical (unpaired) electrons. The van der Waals surface area contributed by atoms with E-state index in [1.807, 2.05) is 42.8 Å². The second-order valence-electron chi connectivity index (χ2n) is 12.4. The normalized spacial score (nSPS) is 23.0. The van der Waals surface area contributed by atoms with Crippen LogP contribution in [0.4, 0.5) is 17.3 Å². The Morgan fingerprint density at radius 2 is 1.93 bits per heavy atom. The van der Waals surface area contributed by atoms with Crippen LogP contribution in [0, 0.1) is 18.8 Å². The standard InChI is InChI=1S/C31H41N7O4S2/c1-21-15-23(24-17-38(18-24)43-25-8-10-37(19-25)27(39)7-5-6-9-35(3)4)16-26-29(21)42-22(2)28-30(34-26)32-20-33-31(28)36-11-13-44(40,41)14-12-36/h15-16,20,22,24-25H,6,8-14,17-19H2,1-4H3,(H,32,33,34)/t22-,25?/m1/s1. The Bertz CT molecular complexity index is 1570. The van der Waals surface area contributed by atoms with E-state index in [0.717, 1.165) is 67.5 Å². The van der Waals surface area contributed by atoms with Gasteiger partial charge in [0.05, 0.1) is 22.8 Å². The number of ether oxygens (including phenoxy) is 1. The second kappa shape index (κ2) is 12.7. The number of anilines is 3. The molecule has 236 valence electrons. The molecule has 1 N–H and O–H groups in total. The van der Waals surface area contributed by atoms with Crippen molar-refractivity contribution < 1.29 is 17.9 Å². The summed E-state index contributed by atoms with van der Waals surface area (Å²) in [6, 6.07) is 4.40. The third-order valence-electron chi connectivity index (χ3n) is 8.69. The molecule has 0 aliphatic carbocycles. The lowest BCUT2D eigenvalue weighted by atomic mass is 9.91. The molecule has 2 atom stereocenters. The number of aryl methyl sites for hydroxylation is 1. The number of nitrogens with zero attached hydrogens (tertiary/aromatic N) is 6. The number of carbonyl (C=O) groups is 1. The van der Waals surface area contributed by atoms with Crippen LogP contribution in [0.5, 0.6) is 5.75 Å². The molecular weight excluding hydrogens is 599 g/mol. The summed E-state index contributed by atoms with van der Waals surface area (Å²) < 4.78 is 33.0. The minimum Gasteiger partial charge on any atom is -0.483 e. The number of sulfone groups is 1. The number of fused-ring (bicyclic) bond motifs is 2. The number of hydrogen-bond acceptors (Lipinski definition) is 11. The summed E-state index contributed by atoms with van der Waals surface area (Å²) in [5.74, 6) is 8.65. The summed E-state index contributed by atoms with van der Waals surface area (Å²) in [6.45, 7) is 9.18. The predicted octanol–water partition coefficient (Wildman–Crippen LogP) is 2.82. The van der Waals surface area contributed by atoms with E-state index < -0.39 is 9.84 Å². The highest BCUT2D eigenvalue weighted by Crippen LogP contribution is 2.45. The Morgan fingerprint density at radius 1 is 1.16 bits per heavy atom. The fourth-order valence-corrected chi connectivity index (χ4v) is 8.74. The van der Waals surface area contributed by atoms with Crippen molar-refractivity contribution in [2.45, 2.75) is 44.0 Å². The minimum atomic E-state index is -3.01. The molecule has 1 amide bonds. The zero-order chi connectivity index (χ0) is 31.0. The van der Waals surface area contributed by atoms with E-state index in [1.165, 1.54) is 11.9 Å². The van der Waals surface area contributed by atoms with Gasteiger partial charge in [-0.25, -0.2) is 22.7 Å². The van der Waals surface area contributed by atoms with Crippen LogP contribution >= 0.6 is 11.9 Å². The van der Waals surface area contributed by atoms with Gasteiger partial charge in [-0.05, 0) is 57.5 Å². The van der Waals surface area contributed by atoms with E-state index in [1.54, 1.807) is 0 Å². The number of benzene rings is 1. The van der Waals surface area contributed by atoms with Gasteiger partial charge in [-0.1, -0.05) is 23.9 Å². The van der Waals surface area contributed by atoms with Gasteiger partial charge < -0.3 is 24.8 Å². The highest BCUT2D eigenvalue weighted by Gasteiger charge is 2.36. The van der Waals surface area contributed by atoms with Crippen molar-refractivity contribution in [2.24, 2.45) is 0 Å². The first-order valence-corrected chi connectivity index (χ1v) is 17.9. The summed E-state index contributed by atoms with van der Waals surface area (Å²) in [5.41, 5.74) is 4.06. The maximum absolute atomic E-state index is 12.5. The van der Waals surface area contributed by atoms with E-state index in [2.05, 4.69) is 55.4 Å². The van der Waals surface area contributed by atoms with E-state index in [-0.39, 0.29) is 23.5 Å². The zero-order valence-corrected chi connectivity index (χ0v) is 27.5. The Kier molecular flexibility index (Phi) is 8.97. The van der Waals surface area contributed by atoms with Crippen LogP contribution in [0.25, 0.3) is 0 Å². The quantitative estimate of drug-likeness (QED) is 0.372. The van der Waals surface area contributed by atoms with Crippen molar-refractivity contribution >= 4 is 45.0 Å². The third-order valence-corrected chi connectivity index (χ3v) is 11.6. The SMILES string of the molecule is Cc1cc(C2CN(SC3CCN(C(=O)C#CCCN(C)C)C3)C2)cc2c1O[C@H](C)c1c(ncnc1N1CCS(=O)(=O)CC1)N2. The van der Waals surface area contributed by atoms with E-state index in [4.69, 9.17) is 4.74 Å². The Hall–Kier alpha value is -3.05. The summed E-state index contributed by atoms with van der Waals surface area (Å²) in [7, 11) is 1.00. The van der Waals surface area contributed by atoms with Crippen LogP contribution < -0.4 is 15.0 Å². The molecule has 2 aromatic rings. The van der Waals surface area contributed by atoms with Gasteiger partial charge in [0.25, 0.3) is 5.91 Å². The average Bonchev–Trinajstić information content (AvgIpc) is 3.37. The number of carbonyl (C=O) groups excluding carboxylic acids is 1. The molecule has 44 heavy (non-hydrogen) atoms. The summed E-state index contributed by atoms with van der Waals surface area (Å²) in [5, 5.41) is 3.93. The summed E-state index contributed by atoms with van der Waals surface area (Å²) in [6.07, 6.45) is 2.92. The first-order chi connectivity index (χ1) is 21.1. The molecule has 0 spiro atoms. The maximum Gasteiger partial charge on any atom is 0.298 e. The molecular formula is C31H41N7O4S2. The molecule has 5 heterocycles. The van der Waals surface area contributed by atoms with Crippen LogP contribution in [0.1, 0.15) is 48.5 Å². The minimum absolute atomic E-state index is 0.0549. The van der Waals surface area contributed by atoms with E-state index in [0.29, 0.717) is 36.5 Å². The maximum atomic E-state index is 12.5. The van der Waals surface area contributed by atoms with Crippen molar-refractivity contribution in [3.8, 4) is 17.6 Å². The molecule has 13 heteroatoms. The van der Waals surface area contributed by atoms with Crippen LogP contribution in [0.3, 0.4) is 0 Å². The Balaban J connectivity index is 1.08. The van der Waals surface area contributed by atoms with Gasteiger partial charge in [0.1, 0.15) is 29.8 Å². The molecule has 11 nitrogen and oxygen atoms in total. The molecule has 0 bridgehead atoms. The number of aromatic nitrogens is 2. The topological polar surface area (TPSA) is 111 Å². The lowest BCUT2D eigenvalue weighted by Gasteiger charge is -2.40. The van der Waals surface area contributed by atoms with Crippen LogP contribution in [0.15, 0.2) is 18.5 Å². The molecule has 1 unspecified atom stereocenters. The van der Waals surface area contributed by atoms with Crippen molar-refractivity contribution in [3.05, 3.63) is 35.2 Å². The van der Waals surface area contributed by atoms with Gasteiger partial charge in [0, 0.05) is 63.4 Å². The van der Waals surface area contributed by atoms with Gasteiger partial charge in [-0.2, -0.15) is 0 Å². The first kappa shape index (κ1) is 31.0. The zero-order valence-electron chi connectivity index (χ0n) is 25.9. The Morgan fingerprint density at radius 3 is 2.68 bits per heavy atom. The van der Waals surface area contributed by atoms with Gasteiger partial charge in [-0.15, -0.1) is 0 Å². The lowest BCUT2D eigenvalue weighted by molar-refractivity contribution is -0.124. The smallest absolute Gasteiger partial charge is 0.298 e. The molecule has 1 aromatic heterocycles. The fraction of sp³-hybridized carbons (Fsp3) is 0.581. The number of hydrogen-bond donors (Lipinski definition) is 1. The highest BCUT2D eigenvalue weighted by atomic mass is 32.2. The first-order valence-electron chi connectivity index (χ1n) is 15.3. The predicted molar refractivity (Wildman–Crippen MR) is 174 cm³/mol. The molecule has 1 aromatic carbocycles. The molecule has 6 rings (SSSR count). The summed E-state index contributed by atoms with van der Waals surface area (Å²) >= 11 is 1.87. The van der Waals surface area contributed by atoms with Crippen molar-refractivity contribution in [1.29, 1.82) is 0 Å². The average molecular weight is 640 g/mol. The summed E-state index contributed by atoms with van der Waals surface area (Å²) in [4.78, 5) is 27.6. The Labute approximate surface area is 264 Å². The van der Waals surface area contributed by atoms with E-state index >= 15 is 0 Å². The third kappa shape index (κ3) is 6.78. The van der Waals surface area contributed by atoms with Gasteiger partial charge in [-0.3, -0.25) is 4.79 Å². The highest BCUT2D eigenvalue weighted by molar-refractivity contribution is 7.97. The second-order valence-corrected chi connectivity index (χ2v) is 16.1. The molecule has 4 aliphatic rings. The molecule has 3 saturated heterocycles. The fourth-order valence-electron chi connectivity index (χ4n) is 6.13. The number of nitrogens with one attached hydrogen (secondary N) is 1. The molecule has 0 saturated carbocycles. The van der Waals surface area contributed by atoms with Crippen LogP contribution in [-0.2, 0) is 14.6 Å². The van der Waals surface area contributed by atoms with Crippen LogP contribution in [-0.4, -0.2) is 115 Å². The van der Waals surface area contributed by atoms with Gasteiger partial charge >= 0.3 is 0 Å². The molecule has 4 aliphatic heterocycles. The van der Waals surface area contributed by atoms with Crippen molar-refractivity contribution in [2.75, 3.05) is 81.6 Å². The largest absolute Gasteiger partial charge is 0.483 e. The molecule has 3 fully saturated rings. The van der Waals surface area contributed by atoms with Gasteiger partial charge in [0.2, 0.25) is 0 Å². The number of rotatable bonds is 6. The van der Waals surface area contributed by atoms with Crippen LogP contribution in [0.2, 0.25) is 0 Å².